The number of hydrogen-bond acceptors (Lipinski definition) is 4. The van der Waals surface area contributed by atoms with Crippen molar-refractivity contribution in [1.29, 1.82) is 0 Å². The van der Waals surface area contributed by atoms with Gasteiger partial charge in [-0.25, -0.2) is 0 Å². The van der Waals surface area contributed by atoms with Crippen LogP contribution in [-0.2, 0) is 20.7 Å². The molecule has 1 aliphatic carbocycles. The van der Waals surface area contributed by atoms with Crippen LogP contribution in [0.4, 0.5) is 0 Å². The van der Waals surface area contributed by atoms with Crippen LogP contribution >= 0.6 is 0 Å². The first kappa shape index (κ1) is 19.7. The normalized spacial score (nSPS) is 24.3. The Labute approximate surface area is 168 Å². The standard InChI is InChI=1S/C23H33NO4/c1-26-20-7-4-18(5-8-20)6-9-22(25)24-13-11-23(12-14-24)16-21(10-15-28-23)27-17-19-2-3-19/h4-5,7-8,19,21H,2-3,6,9-17H2,1H3. The number of ether oxygens (including phenoxy) is 3. The highest BCUT2D eigenvalue weighted by Gasteiger charge is 2.41. The highest BCUT2D eigenvalue weighted by atomic mass is 16.5. The predicted molar refractivity (Wildman–Crippen MR) is 108 cm³/mol. The third-order valence-electron chi connectivity index (χ3n) is 6.53. The zero-order chi connectivity index (χ0) is 19.4. The van der Waals surface area contributed by atoms with Gasteiger partial charge in [0.05, 0.1) is 18.8 Å². The molecule has 1 saturated carbocycles. The average Bonchev–Trinajstić information content (AvgIpc) is 3.56. The number of methoxy groups -OCH3 is 1. The number of rotatable bonds is 7. The largest absolute Gasteiger partial charge is 0.497 e. The lowest BCUT2D eigenvalue weighted by Gasteiger charge is -2.46. The fraction of sp³-hybridized carbons (Fsp3) is 0.696. The Morgan fingerprint density at radius 2 is 1.93 bits per heavy atom. The van der Waals surface area contributed by atoms with Gasteiger partial charge in [-0.1, -0.05) is 12.1 Å². The number of carbonyl (C=O) groups is 1. The van der Waals surface area contributed by atoms with E-state index in [9.17, 15) is 4.79 Å². The van der Waals surface area contributed by atoms with E-state index >= 15 is 0 Å². The van der Waals surface area contributed by atoms with Crippen molar-refractivity contribution in [3.05, 3.63) is 29.8 Å². The molecule has 5 nitrogen and oxygen atoms in total. The molecule has 3 aliphatic rings. The van der Waals surface area contributed by atoms with Crippen LogP contribution < -0.4 is 4.74 Å². The summed E-state index contributed by atoms with van der Waals surface area (Å²) in [5.41, 5.74) is 1.10. The fourth-order valence-electron chi connectivity index (χ4n) is 4.40. The van der Waals surface area contributed by atoms with Crippen LogP contribution in [0.5, 0.6) is 5.75 Å². The van der Waals surface area contributed by atoms with Gasteiger partial charge >= 0.3 is 0 Å². The Kier molecular flexibility index (Phi) is 6.22. The van der Waals surface area contributed by atoms with Crippen molar-refractivity contribution in [3.63, 3.8) is 0 Å². The smallest absolute Gasteiger partial charge is 0.222 e. The summed E-state index contributed by atoms with van der Waals surface area (Å²) in [5.74, 6) is 1.91. The van der Waals surface area contributed by atoms with E-state index in [4.69, 9.17) is 14.2 Å². The summed E-state index contributed by atoms with van der Waals surface area (Å²) in [7, 11) is 1.67. The summed E-state index contributed by atoms with van der Waals surface area (Å²) in [4.78, 5) is 14.7. The summed E-state index contributed by atoms with van der Waals surface area (Å²) >= 11 is 0. The van der Waals surface area contributed by atoms with Gasteiger partial charge in [-0.05, 0) is 62.1 Å². The topological polar surface area (TPSA) is 48.0 Å². The minimum atomic E-state index is -0.0702. The molecule has 0 bridgehead atoms. The Morgan fingerprint density at radius 3 is 2.61 bits per heavy atom. The molecule has 5 heteroatoms. The molecule has 1 amide bonds. The van der Waals surface area contributed by atoms with Gasteiger partial charge in [0.1, 0.15) is 5.75 Å². The fourth-order valence-corrected chi connectivity index (χ4v) is 4.40. The van der Waals surface area contributed by atoms with E-state index in [2.05, 4.69) is 0 Å². The Morgan fingerprint density at radius 1 is 1.18 bits per heavy atom. The number of benzene rings is 1. The van der Waals surface area contributed by atoms with Crippen LogP contribution in [0.25, 0.3) is 0 Å². The zero-order valence-electron chi connectivity index (χ0n) is 17.0. The van der Waals surface area contributed by atoms with Crippen LogP contribution in [-0.4, -0.2) is 55.9 Å². The molecular formula is C23H33NO4. The minimum absolute atomic E-state index is 0.0702. The van der Waals surface area contributed by atoms with Crippen LogP contribution in [0.1, 0.15) is 50.5 Å². The van der Waals surface area contributed by atoms with Crippen LogP contribution in [0, 0.1) is 5.92 Å². The second-order valence-electron chi connectivity index (χ2n) is 8.65. The van der Waals surface area contributed by atoms with Crippen molar-refractivity contribution in [2.45, 2.75) is 63.1 Å². The molecule has 28 heavy (non-hydrogen) atoms. The lowest BCUT2D eigenvalue weighted by Crippen LogP contribution is -2.52. The number of hydrogen-bond donors (Lipinski definition) is 0. The van der Waals surface area contributed by atoms with Gasteiger partial charge in [0.25, 0.3) is 0 Å². The highest BCUT2D eigenvalue weighted by molar-refractivity contribution is 5.76. The number of nitrogens with zero attached hydrogens (tertiary/aromatic N) is 1. The molecule has 0 N–H and O–H groups in total. The Bertz CT molecular complexity index is 647. The number of aryl methyl sites for hydroxylation is 1. The van der Waals surface area contributed by atoms with Gasteiger partial charge in [0, 0.05) is 39.1 Å². The first-order valence-electron chi connectivity index (χ1n) is 10.8. The van der Waals surface area contributed by atoms with Gasteiger partial charge in [-0.3, -0.25) is 4.79 Å². The molecule has 154 valence electrons. The van der Waals surface area contributed by atoms with E-state index in [1.807, 2.05) is 29.2 Å². The second-order valence-corrected chi connectivity index (χ2v) is 8.65. The number of piperidine rings is 1. The van der Waals surface area contributed by atoms with Gasteiger partial charge in [0.2, 0.25) is 5.91 Å². The third kappa shape index (κ3) is 5.06. The van der Waals surface area contributed by atoms with Gasteiger partial charge in [0.15, 0.2) is 0 Å². The molecule has 1 atom stereocenters. The molecule has 1 aromatic carbocycles. The lowest BCUT2D eigenvalue weighted by atomic mass is 9.83. The van der Waals surface area contributed by atoms with Crippen molar-refractivity contribution >= 4 is 5.91 Å². The summed E-state index contributed by atoms with van der Waals surface area (Å²) in [6, 6.07) is 7.98. The number of carbonyl (C=O) groups excluding carboxylic acids is 1. The molecule has 0 aromatic heterocycles. The number of amides is 1. The molecule has 1 aromatic rings. The summed E-state index contributed by atoms with van der Waals surface area (Å²) in [5, 5.41) is 0. The molecule has 0 radical (unpaired) electrons. The molecule has 1 unspecified atom stereocenters. The molecule has 2 saturated heterocycles. The van der Waals surface area contributed by atoms with Crippen molar-refractivity contribution in [2.24, 2.45) is 5.92 Å². The van der Waals surface area contributed by atoms with Crippen molar-refractivity contribution < 1.29 is 19.0 Å². The van der Waals surface area contributed by atoms with E-state index < -0.39 is 0 Å². The molecule has 4 rings (SSSR count). The van der Waals surface area contributed by atoms with Gasteiger partial charge < -0.3 is 19.1 Å². The zero-order valence-corrected chi connectivity index (χ0v) is 17.0. The van der Waals surface area contributed by atoms with Gasteiger partial charge in [-0.2, -0.15) is 0 Å². The summed E-state index contributed by atoms with van der Waals surface area (Å²) in [6.45, 7) is 3.32. The monoisotopic (exact) mass is 387 g/mol. The van der Waals surface area contributed by atoms with Crippen molar-refractivity contribution in [2.75, 3.05) is 33.4 Å². The third-order valence-corrected chi connectivity index (χ3v) is 6.53. The Balaban J connectivity index is 1.21. The molecule has 2 heterocycles. The molecule has 1 spiro atoms. The maximum absolute atomic E-state index is 12.7. The summed E-state index contributed by atoms with van der Waals surface area (Å²) in [6.07, 6.45) is 8.23. The quantitative estimate of drug-likeness (QED) is 0.717. The van der Waals surface area contributed by atoms with E-state index in [0.29, 0.717) is 12.5 Å². The second kappa shape index (κ2) is 8.83. The molecular weight excluding hydrogens is 354 g/mol. The van der Waals surface area contributed by atoms with Crippen molar-refractivity contribution in [3.8, 4) is 5.75 Å². The summed E-state index contributed by atoms with van der Waals surface area (Å²) < 4.78 is 17.5. The number of likely N-dealkylation sites (tertiary alicyclic amines) is 1. The first-order chi connectivity index (χ1) is 13.7. The molecule has 3 fully saturated rings. The lowest BCUT2D eigenvalue weighted by molar-refractivity contribution is -0.162. The van der Waals surface area contributed by atoms with Crippen molar-refractivity contribution in [1.82, 2.24) is 4.90 Å². The molecule has 2 aliphatic heterocycles. The van der Waals surface area contributed by atoms with E-state index in [0.717, 1.165) is 70.1 Å². The highest BCUT2D eigenvalue weighted by Crippen LogP contribution is 2.37. The minimum Gasteiger partial charge on any atom is -0.497 e. The first-order valence-corrected chi connectivity index (χ1v) is 10.8. The average molecular weight is 388 g/mol. The van der Waals surface area contributed by atoms with E-state index in [-0.39, 0.29) is 11.5 Å². The SMILES string of the molecule is COc1ccc(CCC(=O)N2CCC3(CC2)CC(OCC2CC2)CCO3)cc1. The maximum atomic E-state index is 12.7. The van der Waals surface area contributed by atoms with Gasteiger partial charge in [-0.15, -0.1) is 0 Å². The Hall–Kier alpha value is -1.59. The van der Waals surface area contributed by atoms with E-state index in [1.165, 1.54) is 18.4 Å². The van der Waals surface area contributed by atoms with E-state index in [1.54, 1.807) is 7.11 Å². The van der Waals surface area contributed by atoms with Crippen LogP contribution in [0.3, 0.4) is 0 Å². The maximum Gasteiger partial charge on any atom is 0.222 e. The predicted octanol–water partition coefficient (Wildman–Crippen LogP) is 3.59. The van der Waals surface area contributed by atoms with Crippen LogP contribution in [0.15, 0.2) is 24.3 Å². The van der Waals surface area contributed by atoms with Crippen LogP contribution in [0.2, 0.25) is 0 Å².